The van der Waals surface area contributed by atoms with Crippen LogP contribution in [0.5, 0.6) is 0 Å². The average Bonchev–Trinajstić information content (AvgIpc) is 2.64. The molecule has 116 valence electrons. The van der Waals surface area contributed by atoms with Crippen LogP contribution in [-0.4, -0.2) is 38.3 Å². The second-order valence-corrected chi connectivity index (χ2v) is 6.06. The Balaban J connectivity index is 2.25. The third kappa shape index (κ3) is 6.71. The molecule has 0 aromatic rings. The summed E-state index contributed by atoms with van der Waals surface area (Å²) >= 11 is 0. The van der Waals surface area contributed by atoms with E-state index in [0.29, 0.717) is 0 Å². The Kier molecular flexibility index (Phi) is 8.88. The smallest absolute Gasteiger partial charge is 0.0650 e. The molecule has 0 aromatic heterocycles. The predicted octanol–water partition coefficient (Wildman–Crippen LogP) is 4.43. The summed E-state index contributed by atoms with van der Waals surface area (Å²) in [6.45, 7) is 10.8. The van der Waals surface area contributed by atoms with Crippen LogP contribution in [-0.2, 0) is 4.74 Å². The van der Waals surface area contributed by atoms with Crippen LogP contribution in [0.2, 0.25) is 0 Å². The van der Waals surface area contributed by atoms with Gasteiger partial charge >= 0.3 is 0 Å². The second kappa shape index (κ2) is 10.2. The molecule has 1 rings (SSSR count). The molecule has 1 heterocycles. The highest BCUT2D eigenvalue weighted by molar-refractivity contribution is 5.23. The van der Waals surface area contributed by atoms with Crippen LogP contribution in [0.25, 0.3) is 0 Å². The van der Waals surface area contributed by atoms with Gasteiger partial charge in [-0.3, -0.25) is 0 Å². The normalized spacial score (nSPS) is 21.1. The van der Waals surface area contributed by atoms with Gasteiger partial charge in [-0.05, 0) is 52.1 Å². The lowest BCUT2D eigenvalue weighted by atomic mass is 10.0. The van der Waals surface area contributed by atoms with Crippen molar-refractivity contribution < 1.29 is 4.74 Å². The lowest BCUT2D eigenvalue weighted by molar-refractivity contribution is 0.107. The van der Waals surface area contributed by atoms with E-state index in [2.05, 4.69) is 44.9 Å². The second-order valence-electron chi connectivity index (χ2n) is 6.06. The van der Waals surface area contributed by atoms with Crippen molar-refractivity contribution in [3.05, 3.63) is 23.3 Å². The number of ether oxygens (including phenoxy) is 1. The molecule has 20 heavy (non-hydrogen) atoms. The third-order valence-electron chi connectivity index (χ3n) is 4.32. The van der Waals surface area contributed by atoms with Crippen molar-refractivity contribution in [1.29, 1.82) is 0 Å². The summed E-state index contributed by atoms with van der Waals surface area (Å²) in [6.07, 6.45) is 10.7. The maximum absolute atomic E-state index is 5.84. The molecule has 1 unspecified atom stereocenters. The van der Waals surface area contributed by atoms with Crippen LogP contribution in [0.15, 0.2) is 23.3 Å². The van der Waals surface area contributed by atoms with Crippen molar-refractivity contribution in [2.75, 3.05) is 33.4 Å². The first-order valence-corrected chi connectivity index (χ1v) is 8.28. The van der Waals surface area contributed by atoms with Crippen LogP contribution >= 0.6 is 0 Å². The SMILES string of the molecule is CCC(CC)=C(C)/C=C\COCC1CCCCN(C)C1. The van der Waals surface area contributed by atoms with Crippen LogP contribution in [0.3, 0.4) is 0 Å². The molecule has 0 bridgehead atoms. The van der Waals surface area contributed by atoms with Gasteiger partial charge in [0.25, 0.3) is 0 Å². The lowest BCUT2D eigenvalue weighted by Gasteiger charge is -2.19. The molecule has 2 nitrogen and oxygen atoms in total. The summed E-state index contributed by atoms with van der Waals surface area (Å²) in [5.41, 5.74) is 2.96. The van der Waals surface area contributed by atoms with Gasteiger partial charge in [-0.2, -0.15) is 0 Å². The Hall–Kier alpha value is -0.600. The van der Waals surface area contributed by atoms with E-state index in [1.165, 1.54) is 37.9 Å². The molecule has 0 aliphatic carbocycles. The van der Waals surface area contributed by atoms with E-state index in [9.17, 15) is 0 Å². The van der Waals surface area contributed by atoms with Gasteiger partial charge in [0, 0.05) is 6.54 Å². The van der Waals surface area contributed by atoms with Crippen molar-refractivity contribution in [1.82, 2.24) is 4.90 Å². The number of likely N-dealkylation sites (tertiary alicyclic amines) is 1. The maximum atomic E-state index is 5.84. The van der Waals surface area contributed by atoms with Gasteiger partial charge in [-0.15, -0.1) is 0 Å². The maximum Gasteiger partial charge on any atom is 0.0650 e. The molecule has 0 N–H and O–H groups in total. The van der Waals surface area contributed by atoms with E-state index in [0.717, 1.165) is 32.0 Å². The number of rotatable bonds is 7. The molecule has 0 amide bonds. The summed E-state index contributed by atoms with van der Waals surface area (Å²) in [5.74, 6) is 0.717. The molecular formula is C18H33NO. The van der Waals surface area contributed by atoms with Gasteiger partial charge < -0.3 is 9.64 Å². The first kappa shape index (κ1) is 17.5. The zero-order valence-electron chi connectivity index (χ0n) is 14.0. The molecule has 0 saturated carbocycles. The summed E-state index contributed by atoms with van der Waals surface area (Å²) in [6, 6.07) is 0. The Morgan fingerprint density at radius 2 is 2.00 bits per heavy atom. The van der Waals surface area contributed by atoms with E-state index in [-0.39, 0.29) is 0 Å². The Morgan fingerprint density at radius 3 is 2.70 bits per heavy atom. The van der Waals surface area contributed by atoms with Gasteiger partial charge in [-0.25, -0.2) is 0 Å². The van der Waals surface area contributed by atoms with E-state index in [1.54, 1.807) is 5.57 Å². The minimum Gasteiger partial charge on any atom is -0.377 e. The monoisotopic (exact) mass is 279 g/mol. The standard InChI is InChI=1S/C18H33NO/c1-5-18(6-2)16(3)10-9-13-20-15-17-11-7-8-12-19(4)14-17/h9-10,17H,5-8,11-15H2,1-4H3/b10-9-. The minimum atomic E-state index is 0.717. The van der Waals surface area contributed by atoms with Crippen LogP contribution in [0.1, 0.15) is 52.9 Å². The Morgan fingerprint density at radius 1 is 1.25 bits per heavy atom. The van der Waals surface area contributed by atoms with E-state index in [1.807, 2.05) is 0 Å². The van der Waals surface area contributed by atoms with Gasteiger partial charge in [0.15, 0.2) is 0 Å². The van der Waals surface area contributed by atoms with Crippen LogP contribution in [0.4, 0.5) is 0 Å². The van der Waals surface area contributed by atoms with Crippen LogP contribution < -0.4 is 0 Å². The van der Waals surface area contributed by atoms with Gasteiger partial charge in [0.2, 0.25) is 0 Å². The zero-order valence-corrected chi connectivity index (χ0v) is 14.0. The summed E-state index contributed by atoms with van der Waals surface area (Å²) in [7, 11) is 2.23. The summed E-state index contributed by atoms with van der Waals surface area (Å²) in [4.78, 5) is 2.44. The zero-order chi connectivity index (χ0) is 14.8. The molecule has 0 radical (unpaired) electrons. The molecule has 0 spiro atoms. The van der Waals surface area contributed by atoms with Crippen LogP contribution in [0, 0.1) is 5.92 Å². The predicted molar refractivity (Wildman–Crippen MR) is 88.1 cm³/mol. The fourth-order valence-electron chi connectivity index (χ4n) is 3.03. The molecule has 0 aromatic carbocycles. The van der Waals surface area contributed by atoms with Crippen molar-refractivity contribution in [3.8, 4) is 0 Å². The molecule has 1 atom stereocenters. The number of hydrogen-bond acceptors (Lipinski definition) is 2. The van der Waals surface area contributed by atoms with Crippen molar-refractivity contribution in [2.24, 2.45) is 5.92 Å². The van der Waals surface area contributed by atoms with E-state index in [4.69, 9.17) is 4.74 Å². The quantitative estimate of drug-likeness (QED) is 0.505. The lowest BCUT2D eigenvalue weighted by Crippen LogP contribution is -2.26. The minimum absolute atomic E-state index is 0.717. The topological polar surface area (TPSA) is 12.5 Å². The average molecular weight is 279 g/mol. The van der Waals surface area contributed by atoms with Crippen molar-refractivity contribution in [3.63, 3.8) is 0 Å². The first-order valence-electron chi connectivity index (χ1n) is 8.28. The largest absolute Gasteiger partial charge is 0.377 e. The van der Waals surface area contributed by atoms with E-state index >= 15 is 0 Å². The fourth-order valence-corrected chi connectivity index (χ4v) is 3.03. The van der Waals surface area contributed by atoms with E-state index < -0.39 is 0 Å². The highest BCUT2D eigenvalue weighted by Crippen LogP contribution is 2.16. The molecule has 2 heteroatoms. The third-order valence-corrected chi connectivity index (χ3v) is 4.32. The molecular weight excluding hydrogens is 246 g/mol. The Labute approximate surface area is 125 Å². The van der Waals surface area contributed by atoms with Crippen molar-refractivity contribution >= 4 is 0 Å². The molecule has 1 fully saturated rings. The van der Waals surface area contributed by atoms with Gasteiger partial charge in [0.1, 0.15) is 0 Å². The number of nitrogens with zero attached hydrogens (tertiary/aromatic N) is 1. The van der Waals surface area contributed by atoms with Crippen molar-refractivity contribution in [2.45, 2.75) is 52.9 Å². The van der Waals surface area contributed by atoms with Gasteiger partial charge in [0.05, 0.1) is 13.2 Å². The number of hydrogen-bond donors (Lipinski definition) is 0. The highest BCUT2D eigenvalue weighted by atomic mass is 16.5. The molecule has 1 saturated heterocycles. The fraction of sp³-hybridized carbons (Fsp3) is 0.778. The summed E-state index contributed by atoms with van der Waals surface area (Å²) < 4.78 is 5.84. The first-order chi connectivity index (χ1) is 9.67. The molecule has 1 aliphatic heterocycles. The van der Waals surface area contributed by atoms with Gasteiger partial charge in [-0.1, -0.05) is 43.6 Å². The molecule has 1 aliphatic rings. The summed E-state index contributed by atoms with van der Waals surface area (Å²) in [5, 5.41) is 0. The highest BCUT2D eigenvalue weighted by Gasteiger charge is 2.15. The number of allylic oxidation sites excluding steroid dienone is 3. The Bertz CT molecular complexity index is 313.